The van der Waals surface area contributed by atoms with Crippen molar-refractivity contribution in [2.75, 3.05) is 35.7 Å². The fraction of sp³-hybridized carbons (Fsp3) is 0.471. The molecule has 2 aromatic rings. The number of hydrogen-bond acceptors (Lipinski definition) is 6. The second kappa shape index (κ2) is 7.35. The Kier molecular flexibility index (Phi) is 5.15. The molecule has 2 aromatic heterocycles. The maximum atomic E-state index is 12.7. The first-order valence-corrected chi connectivity index (χ1v) is 8.43. The van der Waals surface area contributed by atoms with Gasteiger partial charge < -0.3 is 15.5 Å². The molecule has 1 aliphatic heterocycles. The van der Waals surface area contributed by atoms with Crippen molar-refractivity contribution in [3.8, 4) is 0 Å². The molecule has 2 N–H and O–H groups in total. The van der Waals surface area contributed by atoms with Crippen molar-refractivity contribution in [2.24, 2.45) is 0 Å². The summed E-state index contributed by atoms with van der Waals surface area (Å²) in [5, 5.41) is 6.31. The second-order valence-electron chi connectivity index (χ2n) is 6.30. The lowest BCUT2D eigenvalue weighted by Crippen LogP contribution is -2.42. The Morgan fingerprint density at radius 3 is 2.69 bits per heavy atom. The third-order valence-corrected chi connectivity index (χ3v) is 4.26. The van der Waals surface area contributed by atoms with Crippen molar-refractivity contribution >= 4 is 17.6 Å². The predicted molar refractivity (Wildman–Crippen MR) is 94.4 cm³/mol. The molecule has 26 heavy (non-hydrogen) atoms. The zero-order chi connectivity index (χ0) is 18.7. The Bertz CT molecular complexity index is 747. The Balaban J connectivity index is 1.68. The first-order chi connectivity index (χ1) is 12.3. The zero-order valence-corrected chi connectivity index (χ0v) is 14.6. The molecule has 3 rings (SSSR count). The zero-order valence-electron chi connectivity index (χ0n) is 14.6. The van der Waals surface area contributed by atoms with Crippen LogP contribution >= 0.6 is 0 Å². The summed E-state index contributed by atoms with van der Waals surface area (Å²) >= 11 is 0. The highest BCUT2D eigenvalue weighted by molar-refractivity contribution is 5.44. The van der Waals surface area contributed by atoms with Crippen LogP contribution < -0.4 is 15.5 Å². The van der Waals surface area contributed by atoms with Gasteiger partial charge >= 0.3 is 6.18 Å². The van der Waals surface area contributed by atoms with Gasteiger partial charge in [0, 0.05) is 44.1 Å². The lowest BCUT2D eigenvalue weighted by atomic mass is 10.1. The molecule has 9 heteroatoms. The van der Waals surface area contributed by atoms with E-state index in [2.05, 4.69) is 25.6 Å². The lowest BCUT2D eigenvalue weighted by molar-refractivity contribution is -0.137. The van der Waals surface area contributed by atoms with Crippen molar-refractivity contribution in [1.29, 1.82) is 0 Å². The van der Waals surface area contributed by atoms with Gasteiger partial charge in [-0.15, -0.1) is 0 Å². The van der Waals surface area contributed by atoms with Crippen LogP contribution in [0.15, 0.2) is 24.4 Å². The van der Waals surface area contributed by atoms with Crippen LogP contribution in [-0.4, -0.2) is 41.1 Å². The molecular formula is C17H21F3N6. The van der Waals surface area contributed by atoms with Crippen LogP contribution in [0.5, 0.6) is 0 Å². The molecule has 6 nitrogen and oxygen atoms in total. The molecule has 0 radical (unpaired) electrons. The molecule has 3 heterocycles. The van der Waals surface area contributed by atoms with Crippen LogP contribution in [0, 0.1) is 6.92 Å². The van der Waals surface area contributed by atoms with E-state index in [9.17, 15) is 13.2 Å². The fourth-order valence-electron chi connectivity index (χ4n) is 2.99. The summed E-state index contributed by atoms with van der Waals surface area (Å²) in [5.41, 5.74) is 0.115. The minimum absolute atomic E-state index is 0.0966. The van der Waals surface area contributed by atoms with Crippen LogP contribution in [0.25, 0.3) is 0 Å². The minimum atomic E-state index is -4.37. The van der Waals surface area contributed by atoms with Crippen molar-refractivity contribution in [2.45, 2.75) is 32.0 Å². The smallest absolute Gasteiger partial charge is 0.373 e. The highest BCUT2D eigenvalue weighted by Gasteiger charge is 2.31. The van der Waals surface area contributed by atoms with Gasteiger partial charge in [0.25, 0.3) is 0 Å². The number of nitrogens with one attached hydrogen (secondary N) is 2. The van der Waals surface area contributed by atoms with E-state index >= 15 is 0 Å². The van der Waals surface area contributed by atoms with Gasteiger partial charge in [0.15, 0.2) is 0 Å². The van der Waals surface area contributed by atoms with Gasteiger partial charge in [-0.05, 0) is 31.9 Å². The summed E-state index contributed by atoms with van der Waals surface area (Å²) in [7, 11) is 1.80. The van der Waals surface area contributed by atoms with Crippen molar-refractivity contribution in [1.82, 2.24) is 15.0 Å². The van der Waals surface area contributed by atoms with Gasteiger partial charge in [0.2, 0.25) is 5.95 Å². The molecule has 1 fully saturated rings. The average molecular weight is 366 g/mol. The Labute approximate surface area is 149 Å². The molecule has 0 aliphatic carbocycles. The number of hydrogen-bond donors (Lipinski definition) is 2. The molecule has 0 spiro atoms. The van der Waals surface area contributed by atoms with E-state index in [1.165, 1.54) is 6.07 Å². The molecule has 0 bridgehead atoms. The Hall–Kier alpha value is -2.58. The van der Waals surface area contributed by atoms with Gasteiger partial charge in [0.1, 0.15) is 11.6 Å². The monoisotopic (exact) mass is 366 g/mol. The largest absolute Gasteiger partial charge is 0.417 e. The maximum Gasteiger partial charge on any atom is 0.417 e. The number of rotatable bonds is 4. The van der Waals surface area contributed by atoms with Crippen LogP contribution in [0.4, 0.5) is 30.8 Å². The highest BCUT2D eigenvalue weighted by Crippen LogP contribution is 2.30. The van der Waals surface area contributed by atoms with E-state index in [1.54, 1.807) is 7.05 Å². The van der Waals surface area contributed by atoms with Crippen molar-refractivity contribution in [3.63, 3.8) is 0 Å². The molecule has 140 valence electrons. The van der Waals surface area contributed by atoms with Gasteiger partial charge in [-0.25, -0.2) is 9.97 Å². The second-order valence-corrected chi connectivity index (χ2v) is 6.30. The summed E-state index contributed by atoms with van der Waals surface area (Å²) in [6.45, 7) is 3.28. The van der Waals surface area contributed by atoms with Crippen molar-refractivity contribution < 1.29 is 13.2 Å². The van der Waals surface area contributed by atoms with E-state index in [0.29, 0.717) is 18.3 Å². The molecule has 1 aliphatic rings. The third kappa shape index (κ3) is 4.33. The summed E-state index contributed by atoms with van der Waals surface area (Å²) in [6, 6.07) is 4.44. The first-order valence-electron chi connectivity index (χ1n) is 8.43. The molecule has 1 saturated heterocycles. The Morgan fingerprint density at radius 2 is 2.04 bits per heavy atom. The molecule has 0 amide bonds. The topological polar surface area (TPSA) is 66.0 Å². The number of alkyl halides is 3. The van der Waals surface area contributed by atoms with Crippen LogP contribution in [-0.2, 0) is 6.18 Å². The maximum absolute atomic E-state index is 12.7. The number of nitrogens with zero attached hydrogens (tertiary/aromatic N) is 4. The van der Waals surface area contributed by atoms with E-state index < -0.39 is 11.7 Å². The molecule has 0 unspecified atom stereocenters. The summed E-state index contributed by atoms with van der Waals surface area (Å²) in [5.74, 6) is 1.82. The fourth-order valence-corrected chi connectivity index (χ4v) is 2.99. The summed E-state index contributed by atoms with van der Waals surface area (Å²) < 4.78 is 38.0. The minimum Gasteiger partial charge on any atom is -0.373 e. The summed E-state index contributed by atoms with van der Waals surface area (Å²) in [6.07, 6.45) is -1.64. The van der Waals surface area contributed by atoms with Gasteiger partial charge in [-0.1, -0.05) is 0 Å². The summed E-state index contributed by atoms with van der Waals surface area (Å²) in [4.78, 5) is 14.8. The normalized spacial score (nSPS) is 17.9. The highest BCUT2D eigenvalue weighted by atomic mass is 19.4. The van der Waals surface area contributed by atoms with Crippen LogP contribution in [0.2, 0.25) is 0 Å². The van der Waals surface area contributed by atoms with E-state index in [4.69, 9.17) is 0 Å². The number of aromatic nitrogens is 3. The van der Waals surface area contributed by atoms with Crippen molar-refractivity contribution in [3.05, 3.63) is 35.7 Å². The molecule has 1 atom stereocenters. The Morgan fingerprint density at radius 1 is 1.23 bits per heavy atom. The SMILES string of the molecule is CNc1cc(C)nc(N[C@H]2CCCN(c3ccc(C(F)(F)F)cn3)C2)n1. The third-order valence-electron chi connectivity index (χ3n) is 4.26. The van der Waals surface area contributed by atoms with E-state index in [-0.39, 0.29) is 6.04 Å². The molecule has 0 saturated carbocycles. The van der Waals surface area contributed by atoms with Crippen LogP contribution in [0.1, 0.15) is 24.1 Å². The number of aryl methyl sites for hydroxylation is 1. The average Bonchev–Trinajstić information content (AvgIpc) is 2.61. The van der Waals surface area contributed by atoms with E-state index in [1.807, 2.05) is 17.9 Å². The number of anilines is 3. The van der Waals surface area contributed by atoms with Gasteiger partial charge in [-0.2, -0.15) is 18.2 Å². The number of halogens is 3. The lowest BCUT2D eigenvalue weighted by Gasteiger charge is -2.34. The van der Waals surface area contributed by atoms with Gasteiger partial charge in [-0.3, -0.25) is 0 Å². The predicted octanol–water partition coefficient (Wildman–Crippen LogP) is 3.32. The van der Waals surface area contributed by atoms with Crippen LogP contribution in [0.3, 0.4) is 0 Å². The van der Waals surface area contributed by atoms with Gasteiger partial charge in [0.05, 0.1) is 5.56 Å². The molecule has 0 aromatic carbocycles. The molecular weight excluding hydrogens is 345 g/mol. The number of piperidine rings is 1. The standard InChI is InChI=1S/C17H21F3N6/c1-11-8-14(21-2)25-16(23-11)24-13-4-3-7-26(10-13)15-6-5-12(9-22-15)17(18,19)20/h5-6,8-9,13H,3-4,7,10H2,1-2H3,(H2,21,23,24,25)/t13-/m0/s1. The number of pyridine rings is 1. The first kappa shape index (κ1) is 18.2. The van der Waals surface area contributed by atoms with E-state index in [0.717, 1.165) is 43.2 Å². The quantitative estimate of drug-likeness (QED) is 0.865.